The van der Waals surface area contributed by atoms with Gasteiger partial charge in [0.2, 0.25) is 0 Å². The monoisotopic (exact) mass is 346 g/mol. The summed E-state index contributed by atoms with van der Waals surface area (Å²) in [6.45, 7) is 0. The van der Waals surface area contributed by atoms with Crippen LogP contribution in [0.4, 0.5) is 0 Å². The molecular weight excluding hydrogens is 348 g/mol. The number of benzene rings is 1. The van der Waals surface area contributed by atoms with Crippen molar-refractivity contribution in [3.8, 4) is 5.75 Å². The SMILES string of the molecule is O=[Si]([O-])Oc1c(Cl)c(Cl)c(Cl)c(Cl)c1Cl.[Na+]. The first kappa shape index (κ1) is 17.3. The first-order valence-electron chi connectivity index (χ1n) is 3.26. The maximum atomic E-state index is 10.4. The van der Waals surface area contributed by atoms with Gasteiger partial charge in [-0.05, 0) is 0 Å². The average molecular weight is 348 g/mol. The minimum absolute atomic E-state index is 0. The molecule has 0 N–H and O–H groups in total. The molecule has 10 heteroatoms. The van der Waals surface area contributed by atoms with Crippen molar-refractivity contribution in [1.82, 2.24) is 0 Å². The second kappa shape index (κ2) is 7.02. The summed E-state index contributed by atoms with van der Waals surface area (Å²) in [6.07, 6.45) is 0. The van der Waals surface area contributed by atoms with Crippen LogP contribution in [0.25, 0.3) is 0 Å². The van der Waals surface area contributed by atoms with Crippen LogP contribution in [0, 0.1) is 0 Å². The standard InChI is InChI=1S/C6Cl5O3Si.Na/c7-1-2(8)4(10)6(14-15(12)13)5(11)3(1)9;/q-1;+1. The Morgan fingerprint density at radius 3 is 1.50 bits per heavy atom. The molecule has 0 aromatic heterocycles. The van der Waals surface area contributed by atoms with E-state index in [2.05, 4.69) is 4.43 Å². The number of halogens is 5. The Morgan fingerprint density at radius 1 is 0.875 bits per heavy atom. The Bertz CT molecular complexity index is 412. The summed E-state index contributed by atoms with van der Waals surface area (Å²) in [5.74, 6) is -0.323. The summed E-state index contributed by atoms with van der Waals surface area (Å²) in [6, 6.07) is 0. The molecule has 0 heterocycles. The molecule has 0 unspecified atom stereocenters. The van der Waals surface area contributed by atoms with E-state index in [4.69, 9.17) is 58.0 Å². The van der Waals surface area contributed by atoms with E-state index in [-0.39, 0.29) is 60.4 Å². The molecule has 0 spiro atoms. The van der Waals surface area contributed by atoms with Gasteiger partial charge in [0, 0.05) is 0 Å². The Labute approximate surface area is 140 Å². The summed E-state index contributed by atoms with van der Waals surface area (Å²) >= 11 is 28.3. The quantitative estimate of drug-likeness (QED) is 0.433. The Hall–Kier alpha value is 1.29. The van der Waals surface area contributed by atoms with E-state index in [1.807, 2.05) is 0 Å². The fourth-order valence-corrected chi connectivity index (χ4v) is 2.46. The number of hydrogen-bond acceptors (Lipinski definition) is 3. The second-order valence-corrected chi connectivity index (χ2v) is 4.85. The Kier molecular flexibility index (Phi) is 7.58. The van der Waals surface area contributed by atoms with Crippen molar-refractivity contribution < 1.29 is 43.2 Å². The molecule has 0 aliphatic carbocycles. The molecule has 0 amide bonds. The zero-order valence-electron chi connectivity index (χ0n) is 7.61. The maximum Gasteiger partial charge on any atom is 1.00 e. The molecule has 3 nitrogen and oxygen atoms in total. The van der Waals surface area contributed by atoms with Gasteiger partial charge in [0.15, 0.2) is 0 Å². The van der Waals surface area contributed by atoms with Crippen LogP contribution in [0.15, 0.2) is 0 Å². The van der Waals surface area contributed by atoms with Gasteiger partial charge in [0.05, 0.1) is 30.9 Å². The zero-order chi connectivity index (χ0) is 11.7. The molecule has 0 aliphatic heterocycles. The van der Waals surface area contributed by atoms with Crippen LogP contribution in [0.2, 0.25) is 25.1 Å². The summed E-state index contributed by atoms with van der Waals surface area (Å²) in [5.41, 5.74) is 0. The molecule has 0 fully saturated rings. The van der Waals surface area contributed by atoms with E-state index >= 15 is 0 Å². The van der Waals surface area contributed by atoms with Crippen LogP contribution in [0.1, 0.15) is 0 Å². The third-order valence-corrected chi connectivity index (χ3v) is 3.97. The molecule has 0 saturated carbocycles. The van der Waals surface area contributed by atoms with Gasteiger partial charge >= 0.3 is 38.7 Å². The number of rotatable bonds is 2. The Morgan fingerprint density at radius 2 is 1.19 bits per heavy atom. The first-order chi connectivity index (χ1) is 6.86. The predicted octanol–water partition coefficient (Wildman–Crippen LogP) is 0.112. The summed E-state index contributed by atoms with van der Waals surface area (Å²) in [4.78, 5) is 10.4. The van der Waals surface area contributed by atoms with E-state index in [1.54, 1.807) is 0 Å². The van der Waals surface area contributed by atoms with Crippen molar-refractivity contribution >= 4 is 67.2 Å². The minimum Gasteiger partial charge on any atom is -0.551 e. The van der Waals surface area contributed by atoms with Gasteiger partial charge in [0.25, 0.3) is 0 Å². The normalized spacial score (nSPS) is 9.56. The molecule has 1 aromatic carbocycles. The smallest absolute Gasteiger partial charge is 0.551 e. The topological polar surface area (TPSA) is 49.4 Å². The van der Waals surface area contributed by atoms with Crippen molar-refractivity contribution in [2.24, 2.45) is 0 Å². The van der Waals surface area contributed by atoms with E-state index in [0.717, 1.165) is 0 Å². The van der Waals surface area contributed by atoms with Gasteiger partial charge in [-0.2, -0.15) is 0 Å². The van der Waals surface area contributed by atoms with Crippen molar-refractivity contribution in [1.29, 1.82) is 0 Å². The first-order valence-corrected chi connectivity index (χ1v) is 6.38. The molecule has 0 radical (unpaired) electrons. The molecule has 0 aliphatic rings. The van der Waals surface area contributed by atoms with Gasteiger partial charge in [-0.25, -0.2) is 0 Å². The summed E-state index contributed by atoms with van der Waals surface area (Å²) < 4.78 is 14.8. The molecule has 1 aromatic rings. The fourth-order valence-electron chi connectivity index (χ4n) is 0.758. The van der Waals surface area contributed by atoms with E-state index in [9.17, 15) is 9.26 Å². The molecule has 0 bridgehead atoms. The summed E-state index contributed by atoms with van der Waals surface area (Å²) in [7, 11) is -3.51. The van der Waals surface area contributed by atoms with Crippen molar-refractivity contribution in [2.75, 3.05) is 0 Å². The zero-order valence-corrected chi connectivity index (χ0v) is 14.4. The maximum absolute atomic E-state index is 10.4. The van der Waals surface area contributed by atoms with Crippen molar-refractivity contribution in [3.63, 3.8) is 0 Å². The molecule has 82 valence electrons. The van der Waals surface area contributed by atoms with Crippen LogP contribution in [-0.4, -0.2) is 9.17 Å². The Balaban J connectivity index is 0.00000225. The minimum atomic E-state index is -3.51. The van der Waals surface area contributed by atoms with Crippen LogP contribution < -0.4 is 38.8 Å². The van der Waals surface area contributed by atoms with Crippen LogP contribution >= 0.6 is 58.0 Å². The fraction of sp³-hybridized carbons (Fsp3) is 0. The van der Waals surface area contributed by atoms with Crippen LogP contribution in [0.3, 0.4) is 0 Å². The molecule has 1 rings (SSSR count). The van der Waals surface area contributed by atoms with Gasteiger partial charge in [-0.15, -0.1) is 0 Å². The molecular formula is C6Cl5NaO3Si. The van der Waals surface area contributed by atoms with E-state index in [0.29, 0.717) is 0 Å². The second-order valence-electron chi connectivity index (χ2n) is 2.25. The molecule has 0 atom stereocenters. The van der Waals surface area contributed by atoms with E-state index < -0.39 is 9.17 Å². The molecule has 0 saturated heterocycles. The van der Waals surface area contributed by atoms with Crippen LogP contribution in [-0.2, 0) is 4.46 Å². The van der Waals surface area contributed by atoms with Gasteiger partial charge in [-0.3, -0.25) is 0 Å². The third kappa shape index (κ3) is 3.64. The van der Waals surface area contributed by atoms with Gasteiger partial charge in [0.1, 0.15) is 0 Å². The van der Waals surface area contributed by atoms with Gasteiger partial charge in [-0.1, -0.05) is 58.0 Å². The van der Waals surface area contributed by atoms with E-state index in [1.165, 1.54) is 0 Å². The summed E-state index contributed by atoms with van der Waals surface area (Å²) in [5, 5.41) is -0.709. The third-order valence-electron chi connectivity index (χ3n) is 1.35. The number of hydrogen-bond donors (Lipinski definition) is 0. The predicted molar refractivity (Wildman–Crippen MR) is 58.6 cm³/mol. The average Bonchev–Trinajstić information content (AvgIpc) is 2.18. The largest absolute Gasteiger partial charge is 1.00 e. The van der Waals surface area contributed by atoms with Crippen molar-refractivity contribution in [3.05, 3.63) is 25.1 Å². The molecule has 16 heavy (non-hydrogen) atoms. The van der Waals surface area contributed by atoms with Crippen LogP contribution in [0.5, 0.6) is 5.75 Å². The van der Waals surface area contributed by atoms with Crippen molar-refractivity contribution in [2.45, 2.75) is 0 Å². The van der Waals surface area contributed by atoms with Gasteiger partial charge < -0.3 is 13.7 Å².